The smallest absolute Gasteiger partial charge is 0.314 e. The minimum absolute atomic E-state index is 0. The van der Waals surface area contributed by atoms with Crippen molar-refractivity contribution in [2.45, 2.75) is 38.5 Å². The summed E-state index contributed by atoms with van der Waals surface area (Å²) in [5, 5.41) is 3.36. The van der Waals surface area contributed by atoms with Gasteiger partial charge in [-0.1, -0.05) is 30.3 Å². The molecular formula is C16H22ClNO4. The highest BCUT2D eigenvalue weighted by Gasteiger charge is 2.42. The molecule has 2 rings (SSSR count). The Kier molecular flexibility index (Phi) is 6.84. The SMILES string of the molecule is COC(=O)[C@@H]1[C@@H](N[C@H](C)c2ccccc2)CC(=O)O[C@@H]1C.Cl. The molecule has 1 fully saturated rings. The second-order valence-electron chi connectivity index (χ2n) is 5.35. The molecule has 5 nitrogen and oxygen atoms in total. The predicted molar refractivity (Wildman–Crippen MR) is 84.7 cm³/mol. The highest BCUT2D eigenvalue weighted by molar-refractivity contribution is 5.85. The summed E-state index contributed by atoms with van der Waals surface area (Å²) in [7, 11) is 1.35. The molecule has 1 aliphatic rings. The molecule has 1 aliphatic heterocycles. The van der Waals surface area contributed by atoms with Gasteiger partial charge in [0.05, 0.1) is 13.5 Å². The number of rotatable bonds is 4. The number of hydrogen-bond acceptors (Lipinski definition) is 5. The molecule has 1 N–H and O–H groups in total. The fourth-order valence-corrected chi connectivity index (χ4v) is 2.78. The topological polar surface area (TPSA) is 64.6 Å². The van der Waals surface area contributed by atoms with Crippen LogP contribution in [0.3, 0.4) is 0 Å². The molecular weight excluding hydrogens is 306 g/mol. The number of nitrogens with one attached hydrogen (secondary N) is 1. The van der Waals surface area contributed by atoms with E-state index in [0.29, 0.717) is 0 Å². The molecule has 0 bridgehead atoms. The van der Waals surface area contributed by atoms with E-state index in [2.05, 4.69) is 5.32 Å². The zero-order valence-electron chi connectivity index (χ0n) is 12.9. The lowest BCUT2D eigenvalue weighted by molar-refractivity contribution is -0.169. The molecule has 1 saturated heterocycles. The van der Waals surface area contributed by atoms with Crippen LogP contribution >= 0.6 is 12.4 Å². The zero-order chi connectivity index (χ0) is 15.4. The molecule has 4 atom stereocenters. The molecule has 1 aromatic carbocycles. The minimum atomic E-state index is -0.487. The third-order valence-corrected chi connectivity index (χ3v) is 3.88. The number of cyclic esters (lactones) is 1. The van der Waals surface area contributed by atoms with Gasteiger partial charge in [-0.25, -0.2) is 0 Å². The number of methoxy groups -OCH3 is 1. The van der Waals surface area contributed by atoms with Crippen molar-refractivity contribution in [1.29, 1.82) is 0 Å². The Bertz CT molecular complexity index is 508. The quantitative estimate of drug-likeness (QED) is 0.859. The van der Waals surface area contributed by atoms with Crippen LogP contribution in [0.1, 0.15) is 31.9 Å². The monoisotopic (exact) mass is 327 g/mol. The van der Waals surface area contributed by atoms with Crippen molar-refractivity contribution in [2.24, 2.45) is 5.92 Å². The van der Waals surface area contributed by atoms with Gasteiger partial charge in [0.2, 0.25) is 0 Å². The van der Waals surface area contributed by atoms with Gasteiger partial charge in [0.25, 0.3) is 0 Å². The Hall–Kier alpha value is -1.59. The molecule has 6 heteroatoms. The van der Waals surface area contributed by atoms with E-state index in [-0.39, 0.29) is 42.9 Å². The highest BCUT2D eigenvalue weighted by atomic mass is 35.5. The number of ether oxygens (including phenoxy) is 2. The third kappa shape index (κ3) is 4.21. The van der Waals surface area contributed by atoms with Crippen LogP contribution in [0.25, 0.3) is 0 Å². The minimum Gasteiger partial charge on any atom is -0.469 e. The van der Waals surface area contributed by atoms with Crippen molar-refractivity contribution < 1.29 is 19.1 Å². The van der Waals surface area contributed by atoms with Crippen molar-refractivity contribution in [2.75, 3.05) is 7.11 Å². The zero-order valence-corrected chi connectivity index (χ0v) is 13.8. The van der Waals surface area contributed by atoms with Gasteiger partial charge in [-0.2, -0.15) is 0 Å². The van der Waals surface area contributed by atoms with E-state index in [1.54, 1.807) is 6.92 Å². The molecule has 0 amide bonds. The third-order valence-electron chi connectivity index (χ3n) is 3.88. The summed E-state index contributed by atoms with van der Waals surface area (Å²) in [6, 6.07) is 9.63. The maximum absolute atomic E-state index is 12.0. The van der Waals surface area contributed by atoms with Crippen molar-refractivity contribution in [3.05, 3.63) is 35.9 Å². The van der Waals surface area contributed by atoms with Gasteiger partial charge in [0.1, 0.15) is 12.0 Å². The summed E-state index contributed by atoms with van der Waals surface area (Å²) in [5.74, 6) is -1.13. The first kappa shape index (κ1) is 18.5. The van der Waals surface area contributed by atoms with Crippen LogP contribution in [0.4, 0.5) is 0 Å². The van der Waals surface area contributed by atoms with Crippen molar-refractivity contribution >= 4 is 24.3 Å². The van der Waals surface area contributed by atoms with Crippen molar-refractivity contribution in [1.82, 2.24) is 5.32 Å². The maximum Gasteiger partial charge on any atom is 0.314 e. The van der Waals surface area contributed by atoms with E-state index in [0.717, 1.165) is 5.56 Å². The summed E-state index contributed by atoms with van der Waals surface area (Å²) in [6.45, 7) is 3.73. The largest absolute Gasteiger partial charge is 0.469 e. The number of carbonyl (C=O) groups is 2. The average Bonchev–Trinajstić information content (AvgIpc) is 2.47. The van der Waals surface area contributed by atoms with E-state index in [1.165, 1.54) is 7.11 Å². The van der Waals surface area contributed by atoms with E-state index in [9.17, 15) is 9.59 Å². The van der Waals surface area contributed by atoms with Gasteiger partial charge in [0, 0.05) is 12.1 Å². The van der Waals surface area contributed by atoms with Crippen LogP contribution < -0.4 is 5.32 Å². The molecule has 122 valence electrons. The standard InChI is InChI=1S/C16H21NO4.ClH/c1-10(12-7-5-4-6-8-12)17-13-9-14(18)21-11(2)15(13)16(19)20-3;/h4-8,10-11,13,15,17H,9H2,1-3H3;1H/t10-,11-,13+,15+;/m1./s1. The molecule has 0 unspecified atom stereocenters. The van der Waals surface area contributed by atoms with Crippen LogP contribution in [0, 0.1) is 5.92 Å². The van der Waals surface area contributed by atoms with E-state index in [4.69, 9.17) is 9.47 Å². The number of esters is 2. The predicted octanol–water partition coefficient (Wildman–Crippen LogP) is 2.25. The lowest BCUT2D eigenvalue weighted by Gasteiger charge is -2.36. The molecule has 1 heterocycles. The summed E-state index contributed by atoms with van der Waals surface area (Å²) >= 11 is 0. The number of carbonyl (C=O) groups excluding carboxylic acids is 2. The Balaban J connectivity index is 0.00000242. The first-order valence-electron chi connectivity index (χ1n) is 7.11. The lowest BCUT2D eigenvalue weighted by Crippen LogP contribution is -2.52. The van der Waals surface area contributed by atoms with E-state index < -0.39 is 12.0 Å². The fraction of sp³-hybridized carbons (Fsp3) is 0.500. The van der Waals surface area contributed by atoms with Gasteiger partial charge in [-0.15, -0.1) is 12.4 Å². The molecule has 22 heavy (non-hydrogen) atoms. The summed E-state index contributed by atoms with van der Waals surface area (Å²) in [5.41, 5.74) is 1.10. The molecule has 1 aromatic rings. The number of benzene rings is 1. The molecule has 0 radical (unpaired) electrons. The second-order valence-corrected chi connectivity index (χ2v) is 5.35. The highest BCUT2D eigenvalue weighted by Crippen LogP contribution is 2.26. The summed E-state index contributed by atoms with van der Waals surface area (Å²) < 4.78 is 10.0. The van der Waals surface area contributed by atoms with Crippen LogP contribution in [0.2, 0.25) is 0 Å². The number of hydrogen-bond donors (Lipinski definition) is 1. The van der Waals surface area contributed by atoms with Gasteiger partial charge in [0.15, 0.2) is 0 Å². The van der Waals surface area contributed by atoms with E-state index in [1.807, 2.05) is 37.3 Å². The molecule has 0 spiro atoms. The van der Waals surface area contributed by atoms with Gasteiger partial charge < -0.3 is 14.8 Å². The Morgan fingerprint density at radius 2 is 2.00 bits per heavy atom. The summed E-state index contributed by atoms with van der Waals surface area (Å²) in [6.07, 6.45) is -0.319. The normalized spacial score (nSPS) is 25.6. The molecule has 0 aliphatic carbocycles. The lowest BCUT2D eigenvalue weighted by atomic mass is 9.88. The van der Waals surface area contributed by atoms with Crippen molar-refractivity contribution in [3.8, 4) is 0 Å². The Labute approximate surface area is 136 Å². The van der Waals surface area contributed by atoms with E-state index >= 15 is 0 Å². The van der Waals surface area contributed by atoms with Gasteiger partial charge >= 0.3 is 11.9 Å². The number of halogens is 1. The molecule has 0 aromatic heterocycles. The molecule has 0 saturated carbocycles. The van der Waals surface area contributed by atoms with Crippen LogP contribution in [-0.4, -0.2) is 31.2 Å². The van der Waals surface area contributed by atoms with Crippen LogP contribution in [-0.2, 0) is 19.1 Å². The van der Waals surface area contributed by atoms with Gasteiger partial charge in [-0.05, 0) is 19.4 Å². The second kappa shape index (κ2) is 8.15. The summed E-state index contributed by atoms with van der Waals surface area (Å²) in [4.78, 5) is 23.6. The Morgan fingerprint density at radius 3 is 2.59 bits per heavy atom. The maximum atomic E-state index is 12.0. The Morgan fingerprint density at radius 1 is 1.36 bits per heavy atom. The van der Waals surface area contributed by atoms with Crippen molar-refractivity contribution in [3.63, 3.8) is 0 Å². The average molecular weight is 328 g/mol. The van der Waals surface area contributed by atoms with Crippen LogP contribution in [0.15, 0.2) is 30.3 Å². The first-order chi connectivity index (χ1) is 10.0. The van der Waals surface area contributed by atoms with Gasteiger partial charge in [-0.3, -0.25) is 9.59 Å². The fourth-order valence-electron chi connectivity index (χ4n) is 2.78. The van der Waals surface area contributed by atoms with Crippen LogP contribution in [0.5, 0.6) is 0 Å². The first-order valence-corrected chi connectivity index (χ1v) is 7.11.